The Kier molecular flexibility index (Phi) is 6.65. The predicted molar refractivity (Wildman–Crippen MR) is 98.9 cm³/mol. The molecule has 2 aromatic rings. The van der Waals surface area contributed by atoms with E-state index < -0.39 is 29.1 Å². The number of esters is 1. The van der Waals surface area contributed by atoms with Crippen LogP contribution in [0.1, 0.15) is 10.4 Å². The summed E-state index contributed by atoms with van der Waals surface area (Å²) in [5, 5.41) is 11.3. The molecule has 8 nitrogen and oxygen atoms in total. The molecule has 0 saturated carbocycles. The first kappa shape index (κ1) is 19.6. The van der Waals surface area contributed by atoms with E-state index in [0.29, 0.717) is 5.69 Å². The fraction of sp³-hybridized carbons (Fsp3) is 0.158. The summed E-state index contributed by atoms with van der Waals surface area (Å²) in [5.41, 5.74) is 0.239. The van der Waals surface area contributed by atoms with Gasteiger partial charge in [-0.25, -0.2) is 4.79 Å². The first-order valence-corrected chi connectivity index (χ1v) is 7.93. The monoisotopic (exact) mass is 370 g/mol. The van der Waals surface area contributed by atoms with Gasteiger partial charge < -0.3 is 14.4 Å². The van der Waals surface area contributed by atoms with E-state index in [2.05, 4.69) is 11.3 Å². The van der Waals surface area contributed by atoms with E-state index in [1.54, 1.807) is 30.3 Å². The standard InChI is InChI=1S/C19H18N2O6/c1-3-11-20(15-7-5-4-6-8-15)18(22)13-27-17-10-9-14(19(23)26-2)12-16(17)21(24)25/h3-10,12H,1,11,13H2,2H3. The summed E-state index contributed by atoms with van der Waals surface area (Å²) in [6.45, 7) is 3.47. The number of anilines is 1. The molecule has 0 radical (unpaired) electrons. The molecule has 0 saturated heterocycles. The van der Waals surface area contributed by atoms with Crippen molar-refractivity contribution in [2.75, 3.05) is 25.2 Å². The van der Waals surface area contributed by atoms with E-state index in [1.165, 1.54) is 24.1 Å². The molecule has 0 atom stereocenters. The molecule has 0 fully saturated rings. The normalized spacial score (nSPS) is 9.96. The van der Waals surface area contributed by atoms with Crippen molar-refractivity contribution in [1.82, 2.24) is 0 Å². The zero-order chi connectivity index (χ0) is 19.8. The van der Waals surface area contributed by atoms with Gasteiger partial charge in [0, 0.05) is 18.3 Å². The molecule has 0 aromatic heterocycles. The van der Waals surface area contributed by atoms with Gasteiger partial charge in [-0.1, -0.05) is 24.3 Å². The zero-order valence-electron chi connectivity index (χ0n) is 14.7. The van der Waals surface area contributed by atoms with Gasteiger partial charge in [0.05, 0.1) is 17.6 Å². The molecule has 0 spiro atoms. The third kappa shape index (κ3) is 4.91. The molecule has 27 heavy (non-hydrogen) atoms. The Labute approximate surface area is 155 Å². The van der Waals surface area contributed by atoms with Crippen molar-refractivity contribution in [3.05, 3.63) is 76.9 Å². The quantitative estimate of drug-likeness (QED) is 0.307. The van der Waals surface area contributed by atoms with E-state index in [9.17, 15) is 19.7 Å². The minimum atomic E-state index is -0.707. The molecule has 0 unspecified atom stereocenters. The van der Waals surface area contributed by atoms with E-state index in [0.717, 1.165) is 6.07 Å². The maximum Gasteiger partial charge on any atom is 0.338 e. The van der Waals surface area contributed by atoms with Crippen LogP contribution in [0.3, 0.4) is 0 Å². The smallest absolute Gasteiger partial charge is 0.338 e. The Morgan fingerprint density at radius 3 is 2.52 bits per heavy atom. The van der Waals surface area contributed by atoms with Crippen molar-refractivity contribution in [3.63, 3.8) is 0 Å². The lowest BCUT2D eigenvalue weighted by Gasteiger charge is -2.21. The highest BCUT2D eigenvalue weighted by Gasteiger charge is 2.21. The fourth-order valence-electron chi connectivity index (χ4n) is 2.33. The molecule has 0 heterocycles. The van der Waals surface area contributed by atoms with Crippen molar-refractivity contribution >= 4 is 23.3 Å². The lowest BCUT2D eigenvalue weighted by molar-refractivity contribution is -0.385. The summed E-state index contributed by atoms with van der Waals surface area (Å²) in [7, 11) is 1.18. The third-order valence-electron chi connectivity index (χ3n) is 3.61. The second kappa shape index (κ2) is 9.14. The predicted octanol–water partition coefficient (Wildman–Crippen LogP) is 2.98. The molecule has 0 N–H and O–H groups in total. The number of carbonyl (C=O) groups excluding carboxylic acids is 2. The first-order valence-electron chi connectivity index (χ1n) is 7.93. The molecule has 8 heteroatoms. The van der Waals surface area contributed by atoms with Crippen LogP contribution >= 0.6 is 0 Å². The van der Waals surface area contributed by atoms with Gasteiger partial charge in [0.1, 0.15) is 0 Å². The van der Waals surface area contributed by atoms with Crippen LogP contribution in [0.4, 0.5) is 11.4 Å². The van der Waals surface area contributed by atoms with Gasteiger partial charge in [0.25, 0.3) is 5.91 Å². The summed E-state index contributed by atoms with van der Waals surface area (Å²) in [4.78, 5) is 36.1. The van der Waals surface area contributed by atoms with Gasteiger partial charge in [-0.3, -0.25) is 14.9 Å². The highest BCUT2D eigenvalue weighted by Crippen LogP contribution is 2.28. The first-order chi connectivity index (χ1) is 13.0. The third-order valence-corrected chi connectivity index (χ3v) is 3.61. The van der Waals surface area contributed by atoms with Crippen molar-refractivity contribution in [2.45, 2.75) is 0 Å². The highest BCUT2D eigenvalue weighted by molar-refractivity contribution is 5.95. The second-order valence-electron chi connectivity index (χ2n) is 5.35. The van der Waals surface area contributed by atoms with Crippen LogP contribution in [0.15, 0.2) is 61.2 Å². The Balaban J connectivity index is 2.19. The van der Waals surface area contributed by atoms with Gasteiger partial charge >= 0.3 is 11.7 Å². The topological polar surface area (TPSA) is 99.0 Å². The number of carbonyl (C=O) groups is 2. The van der Waals surface area contributed by atoms with Crippen molar-refractivity contribution in [3.8, 4) is 5.75 Å². The van der Waals surface area contributed by atoms with Crippen molar-refractivity contribution in [2.24, 2.45) is 0 Å². The Morgan fingerprint density at radius 2 is 1.93 bits per heavy atom. The van der Waals surface area contributed by atoms with E-state index >= 15 is 0 Å². The molecule has 2 rings (SSSR count). The highest BCUT2D eigenvalue weighted by atomic mass is 16.6. The minimum absolute atomic E-state index is 0.0143. The molecule has 1 amide bonds. The molecule has 0 bridgehead atoms. The number of amides is 1. The number of methoxy groups -OCH3 is 1. The maximum atomic E-state index is 12.5. The number of nitro benzene ring substituents is 1. The lowest BCUT2D eigenvalue weighted by atomic mass is 10.2. The molecule has 2 aromatic carbocycles. The Morgan fingerprint density at radius 1 is 1.22 bits per heavy atom. The number of hydrogen-bond acceptors (Lipinski definition) is 6. The largest absolute Gasteiger partial charge is 0.477 e. The molecule has 0 aliphatic rings. The summed E-state index contributed by atoms with van der Waals surface area (Å²) < 4.78 is 9.90. The Hall–Kier alpha value is -3.68. The molecule has 140 valence electrons. The summed E-state index contributed by atoms with van der Waals surface area (Å²) >= 11 is 0. The number of benzene rings is 2. The number of nitro groups is 1. The van der Waals surface area contributed by atoms with Gasteiger partial charge in [-0.15, -0.1) is 6.58 Å². The SMILES string of the molecule is C=CCN(C(=O)COc1ccc(C(=O)OC)cc1[N+](=O)[O-])c1ccccc1. The number of para-hydroxylation sites is 1. The minimum Gasteiger partial charge on any atom is -0.477 e. The van der Waals surface area contributed by atoms with Crippen LogP contribution < -0.4 is 9.64 Å². The molecular weight excluding hydrogens is 352 g/mol. The molecular formula is C19H18N2O6. The summed E-state index contributed by atoms with van der Waals surface area (Å²) in [5.74, 6) is -1.22. The van der Waals surface area contributed by atoms with Crippen LogP contribution in [0.5, 0.6) is 5.75 Å². The fourth-order valence-corrected chi connectivity index (χ4v) is 2.33. The van der Waals surface area contributed by atoms with E-state index in [1.807, 2.05) is 6.07 Å². The van der Waals surface area contributed by atoms with Gasteiger partial charge in [-0.05, 0) is 24.3 Å². The molecule has 0 aliphatic heterocycles. The van der Waals surface area contributed by atoms with Gasteiger partial charge in [0.2, 0.25) is 0 Å². The van der Waals surface area contributed by atoms with E-state index in [4.69, 9.17) is 4.74 Å². The summed E-state index contributed by atoms with van der Waals surface area (Å²) in [6, 6.07) is 12.6. The van der Waals surface area contributed by atoms with Crippen LogP contribution in [0, 0.1) is 10.1 Å². The summed E-state index contributed by atoms with van der Waals surface area (Å²) in [6.07, 6.45) is 1.57. The van der Waals surface area contributed by atoms with Crippen molar-refractivity contribution in [1.29, 1.82) is 0 Å². The zero-order valence-corrected chi connectivity index (χ0v) is 14.7. The average Bonchev–Trinajstić information content (AvgIpc) is 2.70. The van der Waals surface area contributed by atoms with Crippen molar-refractivity contribution < 1.29 is 24.0 Å². The molecule has 0 aliphatic carbocycles. The van der Waals surface area contributed by atoms with Crippen LogP contribution in [-0.4, -0.2) is 37.1 Å². The van der Waals surface area contributed by atoms with Gasteiger partial charge in [0.15, 0.2) is 12.4 Å². The Bertz CT molecular complexity index is 851. The van der Waals surface area contributed by atoms with Crippen LogP contribution in [0.2, 0.25) is 0 Å². The lowest BCUT2D eigenvalue weighted by Crippen LogP contribution is -2.35. The maximum absolute atomic E-state index is 12.5. The van der Waals surface area contributed by atoms with Crippen LogP contribution in [-0.2, 0) is 9.53 Å². The number of nitrogens with zero attached hydrogens (tertiary/aromatic N) is 2. The van der Waals surface area contributed by atoms with Gasteiger partial charge in [-0.2, -0.15) is 0 Å². The number of rotatable bonds is 8. The second-order valence-corrected chi connectivity index (χ2v) is 5.35. The number of ether oxygens (including phenoxy) is 2. The van der Waals surface area contributed by atoms with E-state index in [-0.39, 0.29) is 17.9 Å². The van der Waals surface area contributed by atoms with Crippen LogP contribution in [0.25, 0.3) is 0 Å². The average molecular weight is 370 g/mol. The number of hydrogen-bond donors (Lipinski definition) is 0.